The molecule has 1 heterocycles. The van der Waals surface area contributed by atoms with Crippen LogP contribution in [0.1, 0.15) is 47.9 Å². The van der Waals surface area contributed by atoms with Gasteiger partial charge in [0.05, 0.1) is 26.2 Å². The second-order valence-corrected chi connectivity index (χ2v) is 11.1. The van der Waals surface area contributed by atoms with Gasteiger partial charge in [0, 0.05) is 90.2 Å². The zero-order valence-corrected chi connectivity index (χ0v) is 29.8. The van der Waals surface area contributed by atoms with E-state index >= 15 is 0 Å². The predicted molar refractivity (Wildman–Crippen MR) is 158 cm³/mol. The summed E-state index contributed by atoms with van der Waals surface area (Å²) < 4.78 is 17.7. The Kier molecular flexibility index (Phi) is 12.0. The number of methoxy groups -OCH3 is 2. The third kappa shape index (κ3) is 8.08. The normalized spacial score (nSPS) is 16.4. The Labute approximate surface area is 290 Å². The van der Waals surface area contributed by atoms with Crippen molar-refractivity contribution in [3.05, 3.63) is 82.4 Å². The summed E-state index contributed by atoms with van der Waals surface area (Å²) in [5.41, 5.74) is 1.20. The molecule has 0 aromatic heterocycles. The van der Waals surface area contributed by atoms with Crippen molar-refractivity contribution in [2.75, 3.05) is 37.6 Å². The Morgan fingerprint density at radius 1 is 1.05 bits per heavy atom. The maximum atomic E-state index is 14.1. The zero-order valence-electron chi connectivity index (χ0n) is 24.3. The van der Waals surface area contributed by atoms with Crippen LogP contribution in [0, 0.1) is 49.5 Å². The van der Waals surface area contributed by atoms with E-state index in [2.05, 4.69) is 5.32 Å². The molecule has 1 aliphatic heterocycles. The number of halogens is 1. The van der Waals surface area contributed by atoms with Crippen molar-refractivity contribution < 1.29 is 82.9 Å². The monoisotopic (exact) mass is 823 g/mol. The van der Waals surface area contributed by atoms with Crippen LogP contribution in [0.4, 0.5) is 11.4 Å². The Balaban J connectivity index is 0.00000506. The molecule has 0 unspecified atom stereocenters. The van der Waals surface area contributed by atoms with Gasteiger partial charge >= 0.3 is 5.97 Å². The molecule has 0 saturated heterocycles. The van der Waals surface area contributed by atoms with E-state index in [1.54, 1.807) is 42.5 Å². The van der Waals surface area contributed by atoms with Crippen molar-refractivity contribution in [3.8, 4) is 11.5 Å². The quantitative estimate of drug-likeness (QED) is 0.263. The molecule has 4 rings (SSSR count). The molecule has 3 aromatic carbocycles. The number of ether oxygens (including phenoxy) is 3. The molecule has 43 heavy (non-hydrogen) atoms. The van der Waals surface area contributed by atoms with Gasteiger partial charge in [-0.15, -0.1) is 0 Å². The molecule has 1 radical (unpaired) electrons. The fraction of sp³-hybridized carbons (Fsp3) is 0.323. The molecule has 3 aromatic rings. The van der Waals surface area contributed by atoms with Crippen LogP contribution in [0.2, 0.25) is 5.02 Å². The van der Waals surface area contributed by atoms with Crippen LogP contribution >= 0.6 is 11.6 Å². The molecule has 2 amide bonds. The van der Waals surface area contributed by atoms with Crippen LogP contribution in [-0.2, 0) is 14.3 Å². The number of aliphatic hydroxyl groups excluding tert-OH is 1. The smallest absolute Gasteiger partial charge is 0.335 e. The molecule has 0 fully saturated rings. The number of para-hydroxylation sites is 1. The first kappa shape index (κ1) is 34.8. The second-order valence-electron chi connectivity index (χ2n) is 10.7. The van der Waals surface area contributed by atoms with Crippen LogP contribution in [0.3, 0.4) is 0 Å². The van der Waals surface area contributed by atoms with Gasteiger partial charge in [0.2, 0.25) is 5.91 Å². The van der Waals surface area contributed by atoms with E-state index in [-0.39, 0.29) is 74.9 Å². The number of fused-ring (bicyclic) bond motifs is 1. The number of carbonyl (C=O) groups is 3. The van der Waals surface area contributed by atoms with Crippen molar-refractivity contribution in [2.45, 2.75) is 32.5 Å². The van der Waals surface area contributed by atoms with E-state index in [1.165, 1.54) is 37.3 Å². The summed E-state index contributed by atoms with van der Waals surface area (Å²) >= 11 is 6.44. The molecular weight excluding hydrogens is 791 g/mol. The average molecular weight is 824 g/mol. The minimum Gasteiger partial charge on any atom is -0.493 e. The van der Waals surface area contributed by atoms with Crippen molar-refractivity contribution in [3.63, 3.8) is 0 Å². The van der Waals surface area contributed by atoms with E-state index < -0.39 is 35.4 Å². The average Bonchev–Trinajstić information content (AvgIpc) is 3.06. The number of carboxylic acids is 1. The summed E-state index contributed by atoms with van der Waals surface area (Å²) in [7, 11) is 3.00. The first-order valence-corrected chi connectivity index (χ1v) is 13.6. The van der Waals surface area contributed by atoms with Crippen LogP contribution in [0.25, 0.3) is 0 Å². The van der Waals surface area contributed by atoms with Gasteiger partial charge in [-0.25, -0.2) is 4.79 Å². The molecule has 12 heteroatoms. The Morgan fingerprint density at radius 3 is 2.42 bits per heavy atom. The molecule has 0 spiro atoms. The van der Waals surface area contributed by atoms with Gasteiger partial charge in [0.1, 0.15) is 12.2 Å². The maximum Gasteiger partial charge on any atom is 0.335 e. The number of carbonyl (C=O) groups excluding carboxylic acids is 2. The van der Waals surface area contributed by atoms with E-state index in [9.17, 15) is 24.6 Å². The van der Waals surface area contributed by atoms with Gasteiger partial charge in [-0.2, -0.15) is 0 Å². The number of nitrogens with zero attached hydrogens (tertiary/aromatic N) is 1. The third-order valence-electron chi connectivity index (χ3n) is 6.90. The van der Waals surface area contributed by atoms with E-state index in [4.69, 9.17) is 25.8 Å². The Bertz CT molecular complexity index is 1500. The summed E-state index contributed by atoms with van der Waals surface area (Å²) in [6, 6.07) is 16.2. The molecular formula is C31H33AcClN2O8. The fourth-order valence-electron chi connectivity index (χ4n) is 4.82. The first-order chi connectivity index (χ1) is 20.0. The van der Waals surface area contributed by atoms with Crippen LogP contribution in [0.15, 0.2) is 60.7 Å². The van der Waals surface area contributed by atoms with Crippen molar-refractivity contribution in [2.24, 2.45) is 5.41 Å². The molecule has 225 valence electrons. The summed E-state index contributed by atoms with van der Waals surface area (Å²) in [5.74, 6) is -1.34. The SMILES string of the molecule is COc1cccc([C@H]2O[C@H](CC(=O)Nc3cccc(C(=O)O)c3)C(=O)N(CC(C)(C)CO)c3ccc(Cl)cc32)c1OC.[Ac]. The van der Waals surface area contributed by atoms with Crippen LogP contribution in [-0.4, -0.2) is 61.5 Å². The summed E-state index contributed by atoms with van der Waals surface area (Å²) in [6.45, 7) is 3.57. The number of aromatic carboxylic acids is 1. The number of nitrogens with one attached hydrogen (secondary N) is 1. The zero-order chi connectivity index (χ0) is 30.6. The fourth-order valence-corrected chi connectivity index (χ4v) is 5.00. The summed E-state index contributed by atoms with van der Waals surface area (Å²) in [5, 5.41) is 22.4. The number of hydrogen-bond donors (Lipinski definition) is 3. The number of aliphatic hydroxyl groups is 1. The second kappa shape index (κ2) is 14.9. The van der Waals surface area contributed by atoms with Crippen molar-refractivity contribution in [1.29, 1.82) is 0 Å². The van der Waals surface area contributed by atoms with Gasteiger partial charge in [0.25, 0.3) is 5.91 Å². The topological polar surface area (TPSA) is 135 Å². The number of hydrogen-bond acceptors (Lipinski definition) is 7. The van der Waals surface area contributed by atoms with Gasteiger partial charge in [-0.05, 0) is 42.5 Å². The number of anilines is 2. The molecule has 0 saturated carbocycles. The summed E-state index contributed by atoms with van der Waals surface area (Å²) in [4.78, 5) is 40.3. The largest absolute Gasteiger partial charge is 0.493 e. The van der Waals surface area contributed by atoms with Gasteiger partial charge < -0.3 is 34.6 Å². The van der Waals surface area contributed by atoms with Crippen molar-refractivity contribution >= 4 is 40.8 Å². The predicted octanol–water partition coefficient (Wildman–Crippen LogP) is 4.92. The molecule has 10 nitrogen and oxygen atoms in total. The van der Waals surface area contributed by atoms with E-state index in [0.717, 1.165) is 0 Å². The Hall–Kier alpha value is -2.68. The molecule has 2 atom stereocenters. The minimum atomic E-state index is -1.27. The first-order valence-electron chi connectivity index (χ1n) is 13.2. The number of benzene rings is 3. The van der Waals surface area contributed by atoms with Gasteiger partial charge in [0.15, 0.2) is 11.5 Å². The standard InChI is InChI=1S/C31H33ClN2O8.Ac/c1-31(2,17-35)16-34-23-12-11-19(32)14-22(23)27(21-9-6-10-24(40-3)28(21)41-4)42-25(29(34)37)15-26(36)33-20-8-5-7-18(13-20)30(38)39;/h5-14,25,27,35H,15-17H2,1-4H3,(H,33,36)(H,38,39);/t25-,27-;/m1./s1. The van der Waals surface area contributed by atoms with E-state index in [0.29, 0.717) is 33.3 Å². The molecule has 3 N–H and O–H groups in total. The minimum absolute atomic E-state index is 0. The van der Waals surface area contributed by atoms with Crippen LogP contribution in [0.5, 0.6) is 11.5 Å². The number of carboxylic acid groups (broad SMARTS) is 1. The van der Waals surface area contributed by atoms with Crippen molar-refractivity contribution in [1.82, 2.24) is 0 Å². The molecule has 1 aliphatic rings. The Morgan fingerprint density at radius 2 is 1.77 bits per heavy atom. The summed E-state index contributed by atoms with van der Waals surface area (Å²) in [6.07, 6.45) is -2.55. The van der Waals surface area contributed by atoms with Gasteiger partial charge in [-0.1, -0.05) is 43.6 Å². The molecule has 0 aliphatic carbocycles. The van der Waals surface area contributed by atoms with Crippen LogP contribution < -0.4 is 19.7 Å². The van der Waals surface area contributed by atoms with Gasteiger partial charge in [-0.3, -0.25) is 9.59 Å². The van der Waals surface area contributed by atoms with E-state index in [1.807, 2.05) is 13.8 Å². The third-order valence-corrected chi connectivity index (χ3v) is 7.13. The number of rotatable bonds is 10. The maximum absolute atomic E-state index is 14.1. The molecule has 0 bridgehead atoms. The number of amides is 2.